The Morgan fingerprint density at radius 3 is 2.31 bits per heavy atom. The molecule has 0 aromatic carbocycles. The number of phosphoric ester groups is 1. The van der Waals surface area contributed by atoms with Gasteiger partial charge in [0.15, 0.2) is 11.8 Å². The maximum Gasteiger partial charge on any atom is 0.490 e. The average molecular weight is 530 g/mol. The highest BCUT2D eigenvalue weighted by Crippen LogP contribution is 2.66. The van der Waals surface area contributed by atoms with Crippen molar-refractivity contribution in [2.24, 2.45) is 0 Å². The molecule has 0 spiro atoms. The topological polar surface area (TPSA) is 264 Å². The molecule has 3 unspecified atom stereocenters. The van der Waals surface area contributed by atoms with Crippen molar-refractivity contribution < 1.29 is 65.8 Å². The zero-order valence-electron chi connectivity index (χ0n) is 15.7. The smallest absolute Gasteiger partial charge is 0.387 e. The van der Waals surface area contributed by atoms with Gasteiger partial charge in [0.25, 0.3) is 5.56 Å². The molecule has 32 heavy (non-hydrogen) atoms. The van der Waals surface area contributed by atoms with Gasteiger partial charge >= 0.3 is 29.2 Å². The number of aliphatic hydroxyl groups is 2. The van der Waals surface area contributed by atoms with Gasteiger partial charge in [-0.15, -0.1) is 0 Å². The summed E-state index contributed by atoms with van der Waals surface area (Å²) in [4.78, 5) is 60.7. The Bertz CT molecular complexity index is 1100. The number of rotatable bonds is 9. The van der Waals surface area contributed by atoms with Gasteiger partial charge in [0.2, 0.25) is 0 Å². The molecule has 1 aliphatic rings. The Morgan fingerprint density at radius 2 is 1.81 bits per heavy atom. The molecule has 0 radical (unpaired) electrons. The molecule has 0 aliphatic carbocycles. The standard InChI is InChI=1S/C11H18FN2O15P3/c1-5(27-31(22,23)29-32(24,25)28-30(19,20)21)7-8(16)11(18,4-12)9(26-7)14-3-2-6(15)13-10(14)17/h2-3,5,7-9,16,18H,4H2,1H3,(H,22,23)(H,24,25)(H,13,15,17)(H2,19,20,21)/t5-,7+,8-,9+,11?/m0/s1. The third-order valence-corrected chi connectivity index (χ3v) is 7.96. The van der Waals surface area contributed by atoms with E-state index in [9.17, 15) is 42.8 Å². The van der Waals surface area contributed by atoms with Crippen LogP contribution in [-0.4, -0.2) is 69.9 Å². The second kappa shape index (κ2) is 9.27. The fourth-order valence-electron chi connectivity index (χ4n) is 2.77. The van der Waals surface area contributed by atoms with Crippen LogP contribution in [-0.2, 0) is 31.6 Å². The molecule has 2 rings (SSSR count). The van der Waals surface area contributed by atoms with Gasteiger partial charge in [-0.25, -0.2) is 22.9 Å². The Balaban J connectivity index is 2.26. The number of hydrogen-bond acceptors (Lipinski definition) is 11. The lowest BCUT2D eigenvalue weighted by Gasteiger charge is -2.29. The monoisotopic (exact) mass is 530 g/mol. The van der Waals surface area contributed by atoms with E-state index in [4.69, 9.17) is 19.4 Å². The van der Waals surface area contributed by atoms with Crippen LogP contribution in [0, 0.1) is 0 Å². The summed E-state index contributed by atoms with van der Waals surface area (Å²) in [5, 5.41) is 20.8. The zero-order valence-corrected chi connectivity index (χ0v) is 18.4. The highest BCUT2D eigenvalue weighted by Gasteiger charge is 2.59. The van der Waals surface area contributed by atoms with Crippen molar-refractivity contribution in [3.05, 3.63) is 33.1 Å². The number of aliphatic hydroxyl groups excluding tert-OH is 1. The first-order chi connectivity index (χ1) is 14.4. The second-order valence-electron chi connectivity index (χ2n) is 6.44. The Kier molecular flexibility index (Phi) is 7.87. The van der Waals surface area contributed by atoms with Gasteiger partial charge in [-0.2, -0.15) is 8.62 Å². The number of H-pyrrole nitrogens is 1. The van der Waals surface area contributed by atoms with Crippen molar-refractivity contribution in [1.29, 1.82) is 0 Å². The molecule has 0 saturated carbocycles. The molecule has 184 valence electrons. The van der Waals surface area contributed by atoms with Crippen LogP contribution in [0.4, 0.5) is 4.39 Å². The molecule has 2 heterocycles. The largest absolute Gasteiger partial charge is 0.490 e. The number of halogens is 1. The number of hydrogen-bond donors (Lipinski definition) is 7. The van der Waals surface area contributed by atoms with E-state index in [1.54, 1.807) is 4.98 Å². The quantitative estimate of drug-likeness (QED) is 0.174. The molecule has 7 N–H and O–H groups in total. The molecule has 0 bridgehead atoms. The summed E-state index contributed by atoms with van der Waals surface area (Å²) in [5.74, 6) is 0. The van der Waals surface area contributed by atoms with Gasteiger partial charge in [-0.05, 0) is 6.92 Å². The minimum absolute atomic E-state index is 0.516. The van der Waals surface area contributed by atoms with Crippen LogP contribution in [0.15, 0.2) is 21.9 Å². The summed E-state index contributed by atoms with van der Waals surface area (Å²) in [5.41, 5.74) is -4.82. The molecule has 1 aromatic heterocycles. The summed E-state index contributed by atoms with van der Waals surface area (Å²) < 4.78 is 64.9. The van der Waals surface area contributed by atoms with Crippen molar-refractivity contribution in [2.75, 3.05) is 6.67 Å². The van der Waals surface area contributed by atoms with E-state index < -0.39 is 71.5 Å². The molecule has 17 nitrogen and oxygen atoms in total. The van der Waals surface area contributed by atoms with Gasteiger partial charge in [0, 0.05) is 12.3 Å². The van der Waals surface area contributed by atoms with Crippen LogP contribution in [0.3, 0.4) is 0 Å². The van der Waals surface area contributed by atoms with Gasteiger partial charge in [0.1, 0.15) is 18.9 Å². The molecule has 1 aromatic rings. The van der Waals surface area contributed by atoms with E-state index in [0.29, 0.717) is 4.57 Å². The van der Waals surface area contributed by atoms with Crippen molar-refractivity contribution in [3.8, 4) is 0 Å². The maximum absolute atomic E-state index is 13.6. The van der Waals surface area contributed by atoms with E-state index in [0.717, 1.165) is 19.2 Å². The first-order valence-electron chi connectivity index (χ1n) is 8.16. The molecule has 7 atom stereocenters. The van der Waals surface area contributed by atoms with E-state index in [1.807, 2.05) is 0 Å². The summed E-state index contributed by atoms with van der Waals surface area (Å²) in [6.07, 6.45) is -7.08. The lowest BCUT2D eigenvalue weighted by atomic mass is 9.93. The minimum Gasteiger partial charge on any atom is -0.387 e. The summed E-state index contributed by atoms with van der Waals surface area (Å²) in [6.45, 7) is -0.800. The Morgan fingerprint density at radius 1 is 1.22 bits per heavy atom. The number of phosphoric acid groups is 3. The van der Waals surface area contributed by atoms with Crippen LogP contribution in [0.1, 0.15) is 13.2 Å². The van der Waals surface area contributed by atoms with E-state index in [1.165, 1.54) is 0 Å². The van der Waals surface area contributed by atoms with Crippen LogP contribution in [0.2, 0.25) is 0 Å². The normalized spacial score (nSPS) is 31.1. The predicted octanol–water partition coefficient (Wildman–Crippen LogP) is -1.77. The molecular weight excluding hydrogens is 512 g/mol. The molecular formula is C11H18FN2O15P3. The van der Waals surface area contributed by atoms with E-state index in [2.05, 4.69) is 13.1 Å². The number of aromatic amines is 1. The van der Waals surface area contributed by atoms with Gasteiger partial charge in [0.05, 0.1) is 6.10 Å². The fraction of sp³-hybridized carbons (Fsp3) is 0.636. The van der Waals surface area contributed by atoms with Crippen LogP contribution in [0.5, 0.6) is 0 Å². The van der Waals surface area contributed by atoms with Crippen molar-refractivity contribution in [3.63, 3.8) is 0 Å². The average Bonchev–Trinajstić information content (AvgIpc) is 2.84. The zero-order chi connectivity index (χ0) is 24.7. The minimum atomic E-state index is -5.83. The molecule has 1 saturated heterocycles. The highest BCUT2D eigenvalue weighted by atomic mass is 31.3. The highest BCUT2D eigenvalue weighted by molar-refractivity contribution is 7.66. The van der Waals surface area contributed by atoms with Crippen LogP contribution in [0.25, 0.3) is 0 Å². The van der Waals surface area contributed by atoms with Gasteiger partial charge in [-0.3, -0.25) is 18.9 Å². The predicted molar refractivity (Wildman–Crippen MR) is 96.6 cm³/mol. The Labute approximate surface area is 176 Å². The summed E-state index contributed by atoms with van der Waals surface area (Å²) >= 11 is 0. The van der Waals surface area contributed by atoms with E-state index in [-0.39, 0.29) is 0 Å². The maximum atomic E-state index is 13.6. The molecule has 1 fully saturated rings. The van der Waals surface area contributed by atoms with Crippen LogP contribution < -0.4 is 11.2 Å². The summed E-state index contributed by atoms with van der Waals surface area (Å²) in [7, 11) is -17.1. The van der Waals surface area contributed by atoms with Gasteiger partial charge < -0.3 is 34.5 Å². The van der Waals surface area contributed by atoms with Crippen LogP contribution >= 0.6 is 23.5 Å². The number of nitrogens with zero attached hydrogens (tertiary/aromatic N) is 1. The van der Waals surface area contributed by atoms with Crippen molar-refractivity contribution in [2.45, 2.75) is 37.1 Å². The molecule has 0 amide bonds. The number of nitrogens with one attached hydrogen (secondary N) is 1. The number of aromatic nitrogens is 2. The number of alkyl halides is 1. The van der Waals surface area contributed by atoms with Gasteiger partial charge in [-0.1, -0.05) is 0 Å². The molecule has 21 heteroatoms. The first-order valence-corrected chi connectivity index (χ1v) is 12.7. The summed E-state index contributed by atoms with van der Waals surface area (Å²) in [6, 6.07) is 0.818. The first kappa shape index (κ1) is 27.1. The van der Waals surface area contributed by atoms with Crippen molar-refractivity contribution >= 4 is 23.5 Å². The SMILES string of the molecule is C[C@H](OP(=O)(O)OP(=O)(O)OP(=O)(O)O)[C@H]1O[C@@H](n2ccc(=O)[nH]c2=O)C(O)(CF)[C@H]1O. The molecule has 1 aliphatic heterocycles. The third-order valence-electron chi connectivity index (χ3n) is 4.03. The second-order valence-corrected chi connectivity index (χ2v) is 10.8. The fourth-order valence-corrected chi connectivity index (χ4v) is 5.97. The third kappa shape index (κ3) is 6.27. The Hall–Kier alpha value is -1.10. The number of ether oxygens (including phenoxy) is 1. The lowest BCUT2D eigenvalue weighted by molar-refractivity contribution is -0.122. The lowest BCUT2D eigenvalue weighted by Crippen LogP contribution is -2.51. The van der Waals surface area contributed by atoms with Crippen molar-refractivity contribution in [1.82, 2.24) is 9.55 Å². The van der Waals surface area contributed by atoms with E-state index >= 15 is 0 Å².